The van der Waals surface area contributed by atoms with Crippen LogP contribution in [0.2, 0.25) is 0 Å². The van der Waals surface area contributed by atoms with Gasteiger partial charge in [-0.05, 0) is 31.9 Å². The van der Waals surface area contributed by atoms with E-state index in [1.54, 1.807) is 6.20 Å². The Morgan fingerprint density at radius 2 is 1.52 bits per heavy atom. The largest absolute Gasteiger partial charge is 0.225 e. The fraction of sp³-hybridized carbons (Fsp3) is 0.167. The summed E-state index contributed by atoms with van der Waals surface area (Å²) in [6, 6.07) is 14.3. The lowest BCUT2D eigenvalue weighted by atomic mass is 9.97. The Balaban J connectivity index is 2.13. The van der Waals surface area contributed by atoms with E-state index in [-0.39, 0.29) is 0 Å². The Morgan fingerprint density at radius 1 is 0.857 bits per heavy atom. The molecule has 0 aliphatic rings. The highest BCUT2D eigenvalue weighted by atomic mass is 15.1. The van der Waals surface area contributed by atoms with Gasteiger partial charge in [-0.2, -0.15) is 5.10 Å². The number of rotatable bonds is 2. The number of hydrogen-bond donors (Lipinski definition) is 0. The Hall–Kier alpha value is -2.55. The van der Waals surface area contributed by atoms with Gasteiger partial charge in [0.25, 0.3) is 0 Å². The van der Waals surface area contributed by atoms with Crippen LogP contribution < -0.4 is 0 Å². The summed E-state index contributed by atoms with van der Waals surface area (Å²) in [6.45, 7) is 6.33. The Bertz CT molecular complexity index is 756. The summed E-state index contributed by atoms with van der Waals surface area (Å²) in [7, 11) is 0. The smallest absolute Gasteiger partial charge is 0.182 e. The average molecular weight is 275 g/mol. The standard InChI is InChI=1S/C18H17N3/c1-12-9-13(2)17(14(3)10-12)16-11-19-21-18(20-16)15-7-5-4-6-8-15/h4-11H,1-3H3. The minimum atomic E-state index is 0.660. The lowest BCUT2D eigenvalue weighted by Gasteiger charge is -2.11. The van der Waals surface area contributed by atoms with Gasteiger partial charge in [-0.3, -0.25) is 0 Å². The van der Waals surface area contributed by atoms with Crippen molar-refractivity contribution >= 4 is 0 Å². The van der Waals surface area contributed by atoms with Gasteiger partial charge < -0.3 is 0 Å². The molecule has 104 valence electrons. The second-order valence-electron chi connectivity index (χ2n) is 5.30. The molecule has 3 nitrogen and oxygen atoms in total. The topological polar surface area (TPSA) is 38.7 Å². The molecule has 0 unspecified atom stereocenters. The number of aromatic nitrogens is 3. The van der Waals surface area contributed by atoms with Crippen molar-refractivity contribution in [2.24, 2.45) is 0 Å². The van der Waals surface area contributed by atoms with Crippen molar-refractivity contribution in [1.29, 1.82) is 0 Å². The van der Waals surface area contributed by atoms with Crippen LogP contribution in [-0.2, 0) is 0 Å². The Morgan fingerprint density at radius 3 is 2.19 bits per heavy atom. The SMILES string of the molecule is Cc1cc(C)c(-c2cnnc(-c3ccccc3)n2)c(C)c1. The first-order valence-corrected chi connectivity index (χ1v) is 6.98. The summed E-state index contributed by atoms with van der Waals surface area (Å²) in [6.07, 6.45) is 1.73. The van der Waals surface area contributed by atoms with Crippen molar-refractivity contribution in [3.8, 4) is 22.6 Å². The maximum atomic E-state index is 4.69. The van der Waals surface area contributed by atoms with Gasteiger partial charge in [0.05, 0.1) is 11.9 Å². The first kappa shape index (κ1) is 13.4. The van der Waals surface area contributed by atoms with Crippen LogP contribution in [0.4, 0.5) is 0 Å². The minimum absolute atomic E-state index is 0.660. The van der Waals surface area contributed by atoms with Gasteiger partial charge in [0, 0.05) is 11.1 Å². The molecule has 0 N–H and O–H groups in total. The monoisotopic (exact) mass is 275 g/mol. The highest BCUT2D eigenvalue weighted by Gasteiger charge is 2.10. The van der Waals surface area contributed by atoms with Crippen molar-refractivity contribution < 1.29 is 0 Å². The Labute approximate surface area is 124 Å². The number of hydrogen-bond acceptors (Lipinski definition) is 3. The third-order valence-electron chi connectivity index (χ3n) is 3.52. The predicted molar refractivity (Wildman–Crippen MR) is 84.9 cm³/mol. The third kappa shape index (κ3) is 2.68. The van der Waals surface area contributed by atoms with Gasteiger partial charge in [-0.1, -0.05) is 48.0 Å². The van der Waals surface area contributed by atoms with Crippen LogP contribution in [0.3, 0.4) is 0 Å². The summed E-state index contributed by atoms with van der Waals surface area (Å²) in [5.41, 5.74) is 6.69. The van der Waals surface area contributed by atoms with E-state index < -0.39 is 0 Å². The molecule has 1 heterocycles. The number of aryl methyl sites for hydroxylation is 3. The molecule has 0 spiro atoms. The lowest BCUT2D eigenvalue weighted by Crippen LogP contribution is -1.98. The van der Waals surface area contributed by atoms with Gasteiger partial charge in [0.15, 0.2) is 5.82 Å². The van der Waals surface area contributed by atoms with E-state index in [0.717, 1.165) is 16.8 Å². The van der Waals surface area contributed by atoms with Crippen molar-refractivity contribution in [1.82, 2.24) is 15.2 Å². The summed E-state index contributed by atoms with van der Waals surface area (Å²) in [5, 5.41) is 8.28. The van der Waals surface area contributed by atoms with E-state index in [1.807, 2.05) is 30.3 Å². The van der Waals surface area contributed by atoms with Crippen LogP contribution in [0.15, 0.2) is 48.7 Å². The zero-order valence-corrected chi connectivity index (χ0v) is 12.5. The van der Waals surface area contributed by atoms with Crippen LogP contribution >= 0.6 is 0 Å². The molecule has 0 aliphatic heterocycles. The predicted octanol–water partition coefficient (Wildman–Crippen LogP) is 4.13. The van der Waals surface area contributed by atoms with Gasteiger partial charge in [0.1, 0.15) is 0 Å². The zero-order valence-electron chi connectivity index (χ0n) is 12.5. The summed E-state index contributed by atoms with van der Waals surface area (Å²) >= 11 is 0. The first-order chi connectivity index (χ1) is 10.1. The highest BCUT2D eigenvalue weighted by molar-refractivity contribution is 5.69. The molecular formula is C18H17N3. The summed E-state index contributed by atoms with van der Waals surface area (Å²) < 4.78 is 0. The molecule has 0 saturated carbocycles. The average Bonchev–Trinajstić information content (AvgIpc) is 2.47. The quantitative estimate of drug-likeness (QED) is 0.705. The van der Waals surface area contributed by atoms with E-state index in [1.165, 1.54) is 16.7 Å². The zero-order chi connectivity index (χ0) is 14.8. The molecule has 0 saturated heterocycles. The van der Waals surface area contributed by atoms with Crippen molar-refractivity contribution in [3.05, 3.63) is 65.4 Å². The van der Waals surface area contributed by atoms with Gasteiger partial charge in [-0.15, -0.1) is 5.10 Å². The molecule has 0 amide bonds. The van der Waals surface area contributed by atoms with E-state index >= 15 is 0 Å². The fourth-order valence-electron chi connectivity index (χ4n) is 2.72. The molecule has 2 aromatic carbocycles. The highest BCUT2D eigenvalue weighted by Crippen LogP contribution is 2.27. The fourth-order valence-corrected chi connectivity index (χ4v) is 2.72. The number of benzene rings is 2. The molecule has 1 aromatic heterocycles. The van der Waals surface area contributed by atoms with Crippen LogP contribution in [-0.4, -0.2) is 15.2 Å². The molecular weight excluding hydrogens is 258 g/mol. The van der Waals surface area contributed by atoms with Crippen molar-refractivity contribution in [3.63, 3.8) is 0 Å². The minimum Gasteiger partial charge on any atom is -0.225 e. The molecule has 3 aromatic rings. The van der Waals surface area contributed by atoms with E-state index in [4.69, 9.17) is 4.98 Å². The molecule has 0 aliphatic carbocycles. The Kier molecular flexibility index (Phi) is 3.48. The molecule has 3 heteroatoms. The third-order valence-corrected chi connectivity index (χ3v) is 3.52. The summed E-state index contributed by atoms with van der Waals surface area (Å²) in [4.78, 5) is 4.69. The molecule has 0 bridgehead atoms. The first-order valence-electron chi connectivity index (χ1n) is 6.98. The maximum Gasteiger partial charge on any atom is 0.182 e. The normalized spacial score (nSPS) is 10.6. The second kappa shape index (κ2) is 5.44. The number of nitrogens with zero attached hydrogens (tertiary/aromatic N) is 3. The molecule has 0 radical (unpaired) electrons. The van der Waals surface area contributed by atoms with Crippen LogP contribution in [0.5, 0.6) is 0 Å². The van der Waals surface area contributed by atoms with Crippen LogP contribution in [0.1, 0.15) is 16.7 Å². The van der Waals surface area contributed by atoms with Gasteiger partial charge in [0.2, 0.25) is 0 Å². The van der Waals surface area contributed by atoms with Crippen molar-refractivity contribution in [2.75, 3.05) is 0 Å². The van der Waals surface area contributed by atoms with E-state index in [2.05, 4.69) is 43.1 Å². The van der Waals surface area contributed by atoms with E-state index in [9.17, 15) is 0 Å². The maximum absolute atomic E-state index is 4.69. The van der Waals surface area contributed by atoms with Crippen molar-refractivity contribution in [2.45, 2.75) is 20.8 Å². The summed E-state index contributed by atoms with van der Waals surface area (Å²) in [5.74, 6) is 0.660. The molecule has 0 atom stereocenters. The van der Waals surface area contributed by atoms with Gasteiger partial charge in [-0.25, -0.2) is 4.98 Å². The second-order valence-corrected chi connectivity index (χ2v) is 5.30. The lowest BCUT2D eigenvalue weighted by molar-refractivity contribution is 0.982. The van der Waals surface area contributed by atoms with Gasteiger partial charge >= 0.3 is 0 Å². The van der Waals surface area contributed by atoms with Crippen LogP contribution in [0, 0.1) is 20.8 Å². The molecule has 21 heavy (non-hydrogen) atoms. The molecule has 0 fully saturated rings. The van der Waals surface area contributed by atoms with Crippen LogP contribution in [0.25, 0.3) is 22.6 Å². The molecule has 3 rings (SSSR count). The van der Waals surface area contributed by atoms with E-state index in [0.29, 0.717) is 5.82 Å².